The summed E-state index contributed by atoms with van der Waals surface area (Å²) in [7, 11) is -3.19. The zero-order valence-corrected chi connectivity index (χ0v) is 20.6. The molecule has 0 aromatic heterocycles. The molecule has 0 fully saturated rings. The monoisotopic (exact) mass is 466 g/mol. The molecule has 2 atom stereocenters. The summed E-state index contributed by atoms with van der Waals surface area (Å²) >= 11 is 0. The maximum absolute atomic E-state index is 12.1. The number of rotatable bonds is 14. The average molecular weight is 467 g/mol. The third-order valence-electron chi connectivity index (χ3n) is 3.77. The highest BCUT2D eigenvalue weighted by molar-refractivity contribution is 7.91. The summed E-state index contributed by atoms with van der Waals surface area (Å²) in [5, 5.41) is 5.96. The van der Waals surface area contributed by atoms with Crippen LogP contribution in [0.25, 0.3) is 0 Å². The first kappa shape index (κ1) is 29.7. The van der Waals surface area contributed by atoms with E-state index in [1.165, 1.54) is 0 Å². The summed E-state index contributed by atoms with van der Waals surface area (Å²) in [6, 6.07) is -1.59. The SMILES string of the molecule is CC(C)(C)OC(=O)C(N)CNCCCS(=O)(=O)CCCNCC(N)C(=O)OC(C)(C)C. The van der Waals surface area contributed by atoms with Gasteiger partial charge < -0.3 is 31.6 Å². The van der Waals surface area contributed by atoms with Crippen molar-refractivity contribution in [3.05, 3.63) is 0 Å². The van der Waals surface area contributed by atoms with Crippen LogP contribution in [0.3, 0.4) is 0 Å². The largest absolute Gasteiger partial charge is 0.459 e. The van der Waals surface area contributed by atoms with E-state index in [0.29, 0.717) is 25.9 Å². The molecule has 0 amide bonds. The van der Waals surface area contributed by atoms with Gasteiger partial charge in [-0.15, -0.1) is 0 Å². The van der Waals surface area contributed by atoms with E-state index in [4.69, 9.17) is 20.9 Å². The first-order valence-corrected chi connectivity index (χ1v) is 12.4. The maximum Gasteiger partial charge on any atom is 0.324 e. The standard InChI is InChI=1S/C20H42N4O6S/c1-19(2,3)29-17(25)15(21)13-23-9-7-11-31(27,28)12-8-10-24-14-16(22)18(26)30-20(4,5)6/h15-16,23-24H,7-14,21-22H2,1-6H3. The van der Waals surface area contributed by atoms with Crippen molar-refractivity contribution in [2.75, 3.05) is 37.7 Å². The van der Waals surface area contributed by atoms with Crippen molar-refractivity contribution >= 4 is 21.8 Å². The molecule has 0 aromatic rings. The predicted octanol–water partition coefficient (Wildman–Crippen LogP) is -0.301. The normalized spacial score (nSPS) is 14.7. The lowest BCUT2D eigenvalue weighted by Crippen LogP contribution is -2.44. The Balaban J connectivity index is 3.93. The molecule has 0 bridgehead atoms. The van der Waals surface area contributed by atoms with Crippen molar-refractivity contribution in [3.63, 3.8) is 0 Å². The Bertz CT molecular complexity index is 606. The molecule has 0 aliphatic rings. The Morgan fingerprint density at radius 1 is 0.774 bits per heavy atom. The first-order valence-electron chi connectivity index (χ1n) is 10.6. The molecule has 0 aliphatic carbocycles. The molecule has 0 heterocycles. The predicted molar refractivity (Wildman–Crippen MR) is 121 cm³/mol. The van der Waals surface area contributed by atoms with Crippen LogP contribution < -0.4 is 22.1 Å². The molecule has 0 aliphatic heterocycles. The van der Waals surface area contributed by atoms with E-state index < -0.39 is 45.1 Å². The second-order valence-corrected chi connectivity index (χ2v) is 11.9. The number of nitrogens with two attached hydrogens (primary N) is 2. The smallest absolute Gasteiger partial charge is 0.324 e. The number of carbonyl (C=O) groups excluding carboxylic acids is 2. The topological polar surface area (TPSA) is 163 Å². The number of esters is 2. The van der Waals surface area contributed by atoms with E-state index in [1.54, 1.807) is 41.5 Å². The lowest BCUT2D eigenvalue weighted by molar-refractivity contribution is -0.157. The minimum absolute atomic E-state index is 0.0408. The summed E-state index contributed by atoms with van der Waals surface area (Å²) in [5.41, 5.74) is 10.3. The van der Waals surface area contributed by atoms with Gasteiger partial charge >= 0.3 is 11.9 Å². The Labute approximate surface area is 187 Å². The van der Waals surface area contributed by atoms with E-state index in [0.717, 1.165) is 0 Å². The fourth-order valence-corrected chi connectivity index (χ4v) is 3.75. The summed E-state index contributed by atoms with van der Waals surface area (Å²) in [6.45, 7) is 11.9. The molecule has 2 unspecified atom stereocenters. The van der Waals surface area contributed by atoms with E-state index >= 15 is 0 Å². The van der Waals surface area contributed by atoms with Crippen LogP contribution in [0.1, 0.15) is 54.4 Å². The molecule has 184 valence electrons. The highest BCUT2D eigenvalue weighted by atomic mass is 32.2. The summed E-state index contributed by atoms with van der Waals surface area (Å²) in [5.74, 6) is -0.906. The molecule has 0 saturated carbocycles. The quantitative estimate of drug-likeness (QED) is 0.197. The summed E-state index contributed by atoms with van der Waals surface area (Å²) in [4.78, 5) is 23.5. The van der Waals surface area contributed by atoms with Crippen LogP contribution in [-0.4, -0.2) is 81.3 Å². The second-order valence-electron chi connectivity index (χ2n) is 9.55. The first-order chi connectivity index (χ1) is 14.0. The second kappa shape index (κ2) is 13.3. The van der Waals surface area contributed by atoms with Crippen molar-refractivity contribution in [2.45, 2.75) is 77.7 Å². The summed E-state index contributed by atoms with van der Waals surface area (Å²) in [6.07, 6.45) is 0.834. The van der Waals surface area contributed by atoms with Crippen LogP contribution in [0, 0.1) is 0 Å². The molecule has 0 saturated heterocycles. The molecule has 0 rings (SSSR count). The van der Waals surface area contributed by atoms with Gasteiger partial charge in [-0.25, -0.2) is 8.42 Å². The van der Waals surface area contributed by atoms with Gasteiger partial charge in [-0.1, -0.05) is 0 Å². The number of hydrogen-bond donors (Lipinski definition) is 4. The van der Waals surface area contributed by atoms with Crippen LogP contribution in [0.5, 0.6) is 0 Å². The minimum Gasteiger partial charge on any atom is -0.459 e. The van der Waals surface area contributed by atoms with Gasteiger partial charge in [0.25, 0.3) is 0 Å². The number of ether oxygens (including phenoxy) is 2. The molecule has 11 heteroatoms. The van der Waals surface area contributed by atoms with Gasteiger partial charge in [0.05, 0.1) is 11.5 Å². The molecule has 10 nitrogen and oxygen atoms in total. The van der Waals surface area contributed by atoms with Crippen LogP contribution in [0.2, 0.25) is 0 Å². The lowest BCUT2D eigenvalue weighted by Gasteiger charge is -2.22. The van der Waals surface area contributed by atoms with E-state index in [1.807, 2.05) is 0 Å². The molecular formula is C20H42N4O6S. The van der Waals surface area contributed by atoms with Crippen LogP contribution in [0.15, 0.2) is 0 Å². The molecule has 6 N–H and O–H groups in total. The average Bonchev–Trinajstić information content (AvgIpc) is 2.57. The molecule has 0 aromatic carbocycles. The molecule has 0 radical (unpaired) electrons. The van der Waals surface area contributed by atoms with E-state index in [2.05, 4.69) is 10.6 Å². The number of hydrogen-bond acceptors (Lipinski definition) is 10. The van der Waals surface area contributed by atoms with E-state index in [9.17, 15) is 18.0 Å². The zero-order chi connectivity index (χ0) is 24.3. The number of nitrogens with one attached hydrogen (secondary N) is 2. The van der Waals surface area contributed by atoms with Crippen LogP contribution in [-0.2, 0) is 28.9 Å². The van der Waals surface area contributed by atoms with Gasteiger partial charge in [-0.05, 0) is 67.5 Å². The zero-order valence-electron chi connectivity index (χ0n) is 19.8. The molecule has 31 heavy (non-hydrogen) atoms. The van der Waals surface area contributed by atoms with Crippen molar-refractivity contribution in [1.82, 2.24) is 10.6 Å². The van der Waals surface area contributed by atoms with Crippen LogP contribution >= 0.6 is 0 Å². The van der Waals surface area contributed by atoms with Crippen molar-refractivity contribution in [3.8, 4) is 0 Å². The van der Waals surface area contributed by atoms with Gasteiger partial charge in [-0.2, -0.15) is 0 Å². The third kappa shape index (κ3) is 17.0. The fourth-order valence-electron chi connectivity index (χ4n) is 2.37. The van der Waals surface area contributed by atoms with Gasteiger partial charge in [0.1, 0.15) is 33.1 Å². The maximum atomic E-state index is 12.1. The number of carbonyl (C=O) groups is 2. The van der Waals surface area contributed by atoms with Gasteiger partial charge in [0, 0.05) is 13.1 Å². The highest BCUT2D eigenvalue weighted by Gasteiger charge is 2.22. The van der Waals surface area contributed by atoms with Crippen LogP contribution in [0.4, 0.5) is 0 Å². The summed E-state index contributed by atoms with van der Waals surface area (Å²) < 4.78 is 34.6. The van der Waals surface area contributed by atoms with Crippen molar-refractivity contribution in [2.24, 2.45) is 11.5 Å². The lowest BCUT2D eigenvalue weighted by atomic mass is 10.2. The van der Waals surface area contributed by atoms with Crippen molar-refractivity contribution in [1.29, 1.82) is 0 Å². The molecule has 0 spiro atoms. The van der Waals surface area contributed by atoms with Gasteiger partial charge in [-0.3, -0.25) is 9.59 Å². The fraction of sp³-hybridized carbons (Fsp3) is 0.900. The van der Waals surface area contributed by atoms with Crippen molar-refractivity contribution < 1.29 is 27.5 Å². The number of sulfone groups is 1. The Morgan fingerprint density at radius 2 is 1.10 bits per heavy atom. The Hall–Kier alpha value is -1.27. The van der Waals surface area contributed by atoms with Gasteiger partial charge in [0.2, 0.25) is 0 Å². The minimum atomic E-state index is -3.19. The Morgan fingerprint density at radius 3 is 1.39 bits per heavy atom. The van der Waals surface area contributed by atoms with E-state index in [-0.39, 0.29) is 24.6 Å². The highest BCUT2D eigenvalue weighted by Crippen LogP contribution is 2.08. The van der Waals surface area contributed by atoms with Gasteiger partial charge in [0.15, 0.2) is 0 Å². The molecular weight excluding hydrogens is 424 g/mol. The Kier molecular flexibility index (Phi) is 12.8. The third-order valence-corrected chi connectivity index (χ3v) is 5.59.